The third-order valence-corrected chi connectivity index (χ3v) is 5.76. The number of benzene rings is 1. The highest BCUT2D eigenvalue weighted by Gasteiger charge is 2.02. The van der Waals surface area contributed by atoms with E-state index in [9.17, 15) is 0 Å². The fraction of sp³-hybridized carbons (Fsp3) is 0.611. The molecule has 2 rings (SSSR count). The summed E-state index contributed by atoms with van der Waals surface area (Å²) < 4.78 is 5.84. The average molecular weight is 337 g/mol. The number of unbranched alkanes of at least 4 members (excludes halogenated alkanes) is 8. The number of hydrogen-bond acceptors (Lipinski definition) is 4. The van der Waals surface area contributed by atoms with E-state index in [-0.39, 0.29) is 0 Å². The number of para-hydroxylation sites is 1. The second kappa shape index (κ2) is 11.0. The Morgan fingerprint density at radius 1 is 0.955 bits per heavy atom. The molecule has 22 heavy (non-hydrogen) atoms. The maximum Gasteiger partial charge on any atom is 0.166 e. The SMILES string of the molecule is CCCCCCCCCCCNSc1nc2ccccc2s1. The number of thiazole rings is 1. The van der Waals surface area contributed by atoms with Gasteiger partial charge in [0.25, 0.3) is 0 Å². The summed E-state index contributed by atoms with van der Waals surface area (Å²) in [7, 11) is 0. The summed E-state index contributed by atoms with van der Waals surface area (Å²) in [6.07, 6.45) is 12.5. The van der Waals surface area contributed by atoms with Gasteiger partial charge in [0.1, 0.15) is 0 Å². The van der Waals surface area contributed by atoms with Crippen molar-refractivity contribution in [3.63, 3.8) is 0 Å². The van der Waals surface area contributed by atoms with E-state index < -0.39 is 0 Å². The van der Waals surface area contributed by atoms with E-state index in [1.807, 2.05) is 6.07 Å². The second-order valence-electron chi connectivity index (χ2n) is 5.77. The zero-order valence-corrected chi connectivity index (χ0v) is 15.3. The normalized spacial score (nSPS) is 11.3. The lowest BCUT2D eigenvalue weighted by atomic mass is 10.1. The second-order valence-corrected chi connectivity index (χ2v) is 7.94. The molecule has 0 atom stereocenters. The van der Waals surface area contributed by atoms with Crippen molar-refractivity contribution in [1.29, 1.82) is 0 Å². The minimum Gasteiger partial charge on any atom is -0.258 e. The van der Waals surface area contributed by atoms with E-state index in [4.69, 9.17) is 0 Å². The molecule has 1 heterocycles. The van der Waals surface area contributed by atoms with Crippen molar-refractivity contribution in [2.24, 2.45) is 0 Å². The van der Waals surface area contributed by atoms with Crippen LogP contribution in [-0.2, 0) is 0 Å². The molecule has 1 aromatic heterocycles. The monoisotopic (exact) mass is 336 g/mol. The highest BCUT2D eigenvalue weighted by molar-refractivity contribution is 7.99. The number of fused-ring (bicyclic) bond motifs is 1. The fourth-order valence-electron chi connectivity index (χ4n) is 2.52. The van der Waals surface area contributed by atoms with Crippen LogP contribution in [0.1, 0.15) is 64.7 Å². The van der Waals surface area contributed by atoms with E-state index in [0.29, 0.717) is 0 Å². The minimum atomic E-state index is 1.08. The molecule has 0 unspecified atom stereocenters. The maximum atomic E-state index is 4.61. The van der Waals surface area contributed by atoms with E-state index in [0.717, 1.165) is 16.4 Å². The van der Waals surface area contributed by atoms with Gasteiger partial charge in [0.05, 0.1) is 10.2 Å². The molecule has 0 saturated heterocycles. The molecule has 0 fully saturated rings. The first kappa shape index (κ1) is 17.8. The zero-order valence-electron chi connectivity index (χ0n) is 13.6. The summed E-state index contributed by atoms with van der Waals surface area (Å²) in [4.78, 5) is 4.61. The Labute approximate surface area is 143 Å². The Hall–Kier alpha value is -0.580. The molecule has 0 bridgehead atoms. The zero-order chi connectivity index (χ0) is 15.5. The molecule has 2 nitrogen and oxygen atoms in total. The molecule has 0 amide bonds. The molecular formula is C18H28N2S2. The predicted molar refractivity (Wildman–Crippen MR) is 101 cm³/mol. The lowest BCUT2D eigenvalue weighted by Crippen LogP contribution is -2.04. The van der Waals surface area contributed by atoms with Crippen molar-refractivity contribution in [3.05, 3.63) is 24.3 Å². The van der Waals surface area contributed by atoms with Crippen molar-refractivity contribution >= 4 is 33.5 Å². The van der Waals surface area contributed by atoms with Gasteiger partial charge in [-0.15, -0.1) is 11.3 Å². The Balaban J connectivity index is 1.46. The summed E-state index contributed by atoms with van der Waals surface area (Å²) in [5.41, 5.74) is 1.11. The Bertz CT molecular complexity index is 492. The maximum absolute atomic E-state index is 4.61. The van der Waals surface area contributed by atoms with Gasteiger partial charge in [0.2, 0.25) is 0 Å². The summed E-state index contributed by atoms with van der Waals surface area (Å²) in [5.74, 6) is 0. The third kappa shape index (κ3) is 6.67. The summed E-state index contributed by atoms with van der Waals surface area (Å²) in [5, 5.41) is 0. The molecular weight excluding hydrogens is 308 g/mol. The number of aromatic nitrogens is 1. The number of hydrogen-bond donors (Lipinski definition) is 1. The number of nitrogens with one attached hydrogen (secondary N) is 1. The summed E-state index contributed by atoms with van der Waals surface area (Å²) in [6.45, 7) is 3.36. The molecule has 4 heteroatoms. The van der Waals surface area contributed by atoms with Crippen LogP contribution < -0.4 is 4.72 Å². The van der Waals surface area contributed by atoms with Crippen LogP contribution in [0.25, 0.3) is 10.2 Å². The molecule has 1 N–H and O–H groups in total. The van der Waals surface area contributed by atoms with Crippen molar-refractivity contribution in [3.8, 4) is 0 Å². The summed E-state index contributed by atoms with van der Waals surface area (Å²) >= 11 is 3.45. The van der Waals surface area contributed by atoms with Gasteiger partial charge in [-0.3, -0.25) is 4.72 Å². The standard InChI is InChI=1S/C18H28N2S2/c1-2-3-4-5-6-7-8-9-12-15-19-22-18-20-16-13-10-11-14-17(16)21-18/h10-11,13-14,19H,2-9,12,15H2,1H3. The van der Waals surface area contributed by atoms with Crippen molar-refractivity contribution in [1.82, 2.24) is 9.71 Å². The molecule has 1 aromatic carbocycles. The minimum absolute atomic E-state index is 1.08. The highest BCUT2D eigenvalue weighted by atomic mass is 32.2. The van der Waals surface area contributed by atoms with Gasteiger partial charge >= 0.3 is 0 Å². The average Bonchev–Trinajstić information content (AvgIpc) is 2.95. The number of nitrogens with zero attached hydrogens (tertiary/aromatic N) is 1. The van der Waals surface area contributed by atoms with Crippen molar-refractivity contribution in [2.75, 3.05) is 6.54 Å². The van der Waals surface area contributed by atoms with Gasteiger partial charge in [-0.1, -0.05) is 70.4 Å². The number of rotatable bonds is 12. The molecule has 0 aliphatic rings. The summed E-state index contributed by atoms with van der Waals surface area (Å²) in [6, 6.07) is 8.34. The lowest BCUT2D eigenvalue weighted by Gasteiger charge is -2.02. The van der Waals surface area contributed by atoms with Crippen LogP contribution in [0.5, 0.6) is 0 Å². The topological polar surface area (TPSA) is 24.9 Å². The molecule has 0 aliphatic carbocycles. The van der Waals surface area contributed by atoms with Gasteiger partial charge < -0.3 is 0 Å². The smallest absolute Gasteiger partial charge is 0.166 e. The lowest BCUT2D eigenvalue weighted by molar-refractivity contribution is 0.564. The van der Waals surface area contributed by atoms with Crippen LogP contribution in [-0.4, -0.2) is 11.5 Å². The quantitative estimate of drug-likeness (QED) is 0.357. The van der Waals surface area contributed by atoms with Crippen LogP contribution in [0.2, 0.25) is 0 Å². The van der Waals surface area contributed by atoms with Gasteiger partial charge in [-0.05, 0) is 30.5 Å². The molecule has 2 aromatic rings. The van der Waals surface area contributed by atoms with Gasteiger partial charge in [0.15, 0.2) is 4.34 Å². The largest absolute Gasteiger partial charge is 0.258 e. The Morgan fingerprint density at radius 2 is 1.64 bits per heavy atom. The molecule has 0 spiro atoms. The van der Waals surface area contributed by atoms with Crippen LogP contribution in [0.3, 0.4) is 0 Å². The Morgan fingerprint density at radius 3 is 2.36 bits per heavy atom. The van der Waals surface area contributed by atoms with Crippen LogP contribution in [0, 0.1) is 0 Å². The van der Waals surface area contributed by atoms with Crippen LogP contribution >= 0.6 is 23.3 Å². The predicted octanol–water partition coefficient (Wildman–Crippen LogP) is 6.42. The van der Waals surface area contributed by atoms with Gasteiger partial charge in [-0.25, -0.2) is 4.98 Å². The first-order chi connectivity index (χ1) is 10.9. The van der Waals surface area contributed by atoms with E-state index >= 15 is 0 Å². The fourth-order valence-corrected chi connectivity index (χ4v) is 4.34. The first-order valence-electron chi connectivity index (χ1n) is 8.65. The van der Waals surface area contributed by atoms with Crippen LogP contribution in [0.4, 0.5) is 0 Å². The van der Waals surface area contributed by atoms with Crippen molar-refractivity contribution < 1.29 is 0 Å². The highest BCUT2D eigenvalue weighted by Crippen LogP contribution is 2.27. The van der Waals surface area contributed by atoms with Crippen molar-refractivity contribution in [2.45, 2.75) is 69.1 Å². The Kier molecular flexibility index (Phi) is 8.91. The first-order valence-corrected chi connectivity index (χ1v) is 10.3. The molecule has 122 valence electrons. The molecule has 0 saturated carbocycles. The molecule has 0 radical (unpaired) electrons. The van der Waals surface area contributed by atoms with E-state index in [2.05, 4.69) is 34.8 Å². The van der Waals surface area contributed by atoms with Gasteiger partial charge in [-0.2, -0.15) is 0 Å². The molecule has 0 aliphatic heterocycles. The van der Waals surface area contributed by atoms with E-state index in [1.54, 1.807) is 23.3 Å². The van der Waals surface area contributed by atoms with Crippen LogP contribution in [0.15, 0.2) is 28.6 Å². The van der Waals surface area contributed by atoms with Gasteiger partial charge in [0, 0.05) is 6.54 Å². The van der Waals surface area contributed by atoms with E-state index in [1.165, 1.54) is 62.5 Å². The third-order valence-electron chi connectivity index (χ3n) is 3.82.